The number of fused-ring (bicyclic) bond motifs is 1. The summed E-state index contributed by atoms with van der Waals surface area (Å²) in [5.41, 5.74) is 2.21. The van der Waals surface area contributed by atoms with Crippen LogP contribution in [0, 0.1) is 0 Å². The molecule has 1 heterocycles. The normalized spacial score (nSPS) is 13.0. The minimum atomic E-state index is -1.06. The Hall–Kier alpha value is -4.35. The molecule has 0 aliphatic heterocycles. The number of ether oxygens (including phenoxy) is 2. The van der Waals surface area contributed by atoms with Gasteiger partial charge in [0.25, 0.3) is 0 Å². The molecule has 4 rings (SSSR count). The zero-order valence-electron chi connectivity index (χ0n) is 27.7. The Kier molecular flexibility index (Phi) is 14.5. The van der Waals surface area contributed by atoms with Gasteiger partial charge < -0.3 is 24.9 Å². The fraction of sp³-hybridized carbons (Fsp3) is 0.378. The lowest BCUT2D eigenvalue weighted by Gasteiger charge is -2.23. The number of alkyl halides is 1. The molecule has 0 fully saturated rings. The maximum absolute atomic E-state index is 13.9. The highest BCUT2D eigenvalue weighted by Crippen LogP contribution is 2.33. The molecule has 12 heteroatoms. The van der Waals surface area contributed by atoms with Gasteiger partial charge in [-0.2, -0.15) is 0 Å². The lowest BCUT2D eigenvalue weighted by Crippen LogP contribution is -2.30. The number of nitrogens with zero attached hydrogens (tertiary/aromatic N) is 1. The Labute approximate surface area is 295 Å². The van der Waals surface area contributed by atoms with Crippen molar-refractivity contribution >= 4 is 63.7 Å². The number of methoxy groups -OCH3 is 1. The zero-order chi connectivity index (χ0) is 35.2. The lowest BCUT2D eigenvalue weighted by molar-refractivity contribution is -0.151. The summed E-state index contributed by atoms with van der Waals surface area (Å²) in [6, 6.07) is 20.2. The molecule has 0 radical (unpaired) electrons. The van der Waals surface area contributed by atoms with Crippen molar-refractivity contribution in [2.24, 2.45) is 0 Å². The average Bonchev–Trinajstić information content (AvgIpc) is 3.51. The molecule has 260 valence electrons. The van der Waals surface area contributed by atoms with Crippen LogP contribution in [0.1, 0.15) is 85.4 Å². The number of imidazole rings is 1. The summed E-state index contributed by atoms with van der Waals surface area (Å²) in [5.74, 6) is -1.76. The van der Waals surface area contributed by atoms with E-state index in [0.717, 1.165) is 43.9 Å². The van der Waals surface area contributed by atoms with E-state index >= 15 is 0 Å². The number of thioether (sulfide) groups is 1. The van der Waals surface area contributed by atoms with Gasteiger partial charge in [0.15, 0.2) is 10.9 Å². The third-order valence-corrected chi connectivity index (χ3v) is 9.80. The number of anilines is 1. The van der Waals surface area contributed by atoms with Gasteiger partial charge in [-0.05, 0) is 80.3 Å². The Morgan fingerprint density at radius 2 is 1.63 bits per heavy atom. The van der Waals surface area contributed by atoms with Crippen LogP contribution >= 0.6 is 23.4 Å². The second kappa shape index (κ2) is 19.0. The molecule has 3 N–H and O–H groups in total. The number of benzene rings is 3. The molecule has 0 bridgehead atoms. The number of rotatable bonds is 20. The number of carboxylic acid groups (broad SMARTS) is 1. The molecule has 3 atom stereocenters. The van der Waals surface area contributed by atoms with Gasteiger partial charge in [-0.15, -0.1) is 11.6 Å². The van der Waals surface area contributed by atoms with Crippen molar-refractivity contribution in [3.63, 3.8) is 0 Å². The number of carboxylic acids is 1. The minimum Gasteiger partial charge on any atom is -0.497 e. The van der Waals surface area contributed by atoms with E-state index in [4.69, 9.17) is 21.1 Å². The van der Waals surface area contributed by atoms with Crippen molar-refractivity contribution in [3.05, 3.63) is 83.9 Å². The summed E-state index contributed by atoms with van der Waals surface area (Å²) in [4.78, 5) is 58.5. The minimum absolute atomic E-state index is 0.101. The predicted octanol–water partition coefficient (Wildman–Crippen LogP) is 8.30. The maximum atomic E-state index is 13.9. The number of aromatic carboxylic acids is 1. The molecule has 1 amide bonds. The average molecular weight is 708 g/mol. The lowest BCUT2D eigenvalue weighted by atomic mass is 10.00. The van der Waals surface area contributed by atoms with Crippen LogP contribution in [0.4, 0.5) is 5.69 Å². The highest BCUT2D eigenvalue weighted by atomic mass is 35.5. The van der Waals surface area contributed by atoms with Crippen molar-refractivity contribution < 1.29 is 33.8 Å². The van der Waals surface area contributed by atoms with Crippen LogP contribution in [0.2, 0.25) is 0 Å². The summed E-state index contributed by atoms with van der Waals surface area (Å²) in [6.07, 6.45) is 5.59. The van der Waals surface area contributed by atoms with E-state index < -0.39 is 41.0 Å². The van der Waals surface area contributed by atoms with Crippen LogP contribution < -0.4 is 10.1 Å². The van der Waals surface area contributed by atoms with Crippen LogP contribution in [0.15, 0.2) is 78.0 Å². The molecule has 49 heavy (non-hydrogen) atoms. The number of carbonyl (C=O) groups excluding carboxylic acids is 3. The van der Waals surface area contributed by atoms with Gasteiger partial charge in [0.2, 0.25) is 5.91 Å². The number of unbranched alkanes of at least 4 members (excludes halogenated alkanes) is 4. The van der Waals surface area contributed by atoms with E-state index in [1.165, 1.54) is 12.1 Å². The molecule has 3 aromatic carbocycles. The molecule has 0 aliphatic carbocycles. The van der Waals surface area contributed by atoms with Crippen LogP contribution in [0.3, 0.4) is 0 Å². The standard InChI is InChI=1S/C37H42ClN3O7S/c1-3-4-5-6-10-13-28(48-33(43)23-32(42)39-26-11-8-7-9-12-26)19-20-29(38)35(34(44)24-14-17-27(47-2)18-15-24)49-37-40-30-21-16-25(36(45)46)22-31(30)41-37/h7-9,11-12,14-18,21-22,28-29,35H,3-6,10,13,19-20,23H2,1-2H3,(H,39,42)(H,40,41)(H,45,46). The van der Waals surface area contributed by atoms with Crippen LogP contribution in [0.25, 0.3) is 11.0 Å². The van der Waals surface area contributed by atoms with E-state index in [1.807, 2.05) is 6.07 Å². The van der Waals surface area contributed by atoms with E-state index in [-0.39, 0.29) is 11.3 Å². The summed E-state index contributed by atoms with van der Waals surface area (Å²) in [6.45, 7) is 2.14. The molecular weight excluding hydrogens is 666 g/mol. The first kappa shape index (κ1) is 37.5. The molecule has 1 aromatic heterocycles. The first-order valence-corrected chi connectivity index (χ1v) is 17.7. The molecule has 0 aliphatic rings. The van der Waals surface area contributed by atoms with E-state index in [2.05, 4.69) is 22.2 Å². The van der Waals surface area contributed by atoms with E-state index in [9.17, 15) is 24.3 Å². The Morgan fingerprint density at radius 1 is 0.918 bits per heavy atom. The first-order chi connectivity index (χ1) is 23.7. The number of hydrogen-bond donors (Lipinski definition) is 3. The predicted molar refractivity (Wildman–Crippen MR) is 192 cm³/mol. The van der Waals surface area contributed by atoms with Crippen molar-refractivity contribution in [2.75, 3.05) is 12.4 Å². The number of ketones is 1. The molecular formula is C37H42ClN3O7S. The summed E-state index contributed by atoms with van der Waals surface area (Å²) >= 11 is 8.20. The Balaban J connectivity index is 1.48. The van der Waals surface area contributed by atoms with Gasteiger partial charge in [-0.1, -0.05) is 62.6 Å². The van der Waals surface area contributed by atoms with Crippen molar-refractivity contribution in [1.29, 1.82) is 0 Å². The third kappa shape index (κ3) is 11.6. The maximum Gasteiger partial charge on any atom is 0.335 e. The second-order valence-corrected chi connectivity index (χ2v) is 13.4. The quantitative estimate of drug-likeness (QED) is 0.0206. The van der Waals surface area contributed by atoms with Gasteiger partial charge in [-0.25, -0.2) is 9.78 Å². The highest BCUT2D eigenvalue weighted by molar-refractivity contribution is 8.00. The Morgan fingerprint density at radius 3 is 2.33 bits per heavy atom. The Bertz CT molecular complexity index is 1700. The number of hydrogen-bond acceptors (Lipinski definition) is 8. The number of amides is 1. The number of aromatic amines is 1. The number of nitrogens with one attached hydrogen (secondary N) is 2. The molecule has 10 nitrogen and oxygen atoms in total. The van der Waals surface area contributed by atoms with Crippen LogP contribution in [-0.2, 0) is 14.3 Å². The van der Waals surface area contributed by atoms with Crippen molar-refractivity contribution in [3.8, 4) is 5.75 Å². The van der Waals surface area contributed by atoms with Gasteiger partial charge in [0.05, 0.1) is 34.3 Å². The van der Waals surface area contributed by atoms with E-state index in [1.54, 1.807) is 61.7 Å². The number of Topliss-reactive ketones (excluding diaryl/α,β-unsaturated/α-hetero) is 1. The number of esters is 1. The smallest absolute Gasteiger partial charge is 0.335 e. The topological polar surface area (TPSA) is 148 Å². The van der Waals surface area contributed by atoms with Gasteiger partial charge in [-0.3, -0.25) is 14.4 Å². The number of H-pyrrole nitrogens is 1. The monoisotopic (exact) mass is 707 g/mol. The van der Waals surface area contributed by atoms with Crippen molar-refractivity contribution in [2.45, 2.75) is 86.6 Å². The van der Waals surface area contributed by atoms with Gasteiger partial charge >= 0.3 is 11.9 Å². The third-order valence-electron chi connectivity index (χ3n) is 7.96. The number of aromatic nitrogens is 2. The van der Waals surface area contributed by atoms with E-state index in [0.29, 0.717) is 52.5 Å². The SMILES string of the molecule is CCCCCCCC(CCC(Cl)C(Sc1nc2cc(C(=O)O)ccc2[nH]1)C(=O)c1ccc(OC)cc1)OC(=O)CC(=O)Nc1ccccc1. The zero-order valence-corrected chi connectivity index (χ0v) is 29.2. The summed E-state index contributed by atoms with van der Waals surface area (Å²) in [7, 11) is 1.55. The summed E-state index contributed by atoms with van der Waals surface area (Å²) in [5, 5.41) is 11.0. The molecule has 4 aromatic rings. The molecule has 0 spiro atoms. The van der Waals surface area contributed by atoms with Crippen molar-refractivity contribution in [1.82, 2.24) is 9.97 Å². The molecule has 3 unspecified atom stereocenters. The van der Waals surface area contributed by atoms with Gasteiger partial charge in [0.1, 0.15) is 18.3 Å². The number of carbonyl (C=O) groups is 4. The highest BCUT2D eigenvalue weighted by Gasteiger charge is 2.31. The summed E-state index contributed by atoms with van der Waals surface area (Å²) < 4.78 is 11.1. The number of para-hydroxylation sites is 1. The molecule has 0 saturated heterocycles. The first-order valence-electron chi connectivity index (χ1n) is 16.4. The number of halogens is 1. The molecule has 0 saturated carbocycles. The fourth-order valence-electron chi connectivity index (χ4n) is 5.32. The van der Waals surface area contributed by atoms with Crippen LogP contribution in [0.5, 0.6) is 5.75 Å². The largest absolute Gasteiger partial charge is 0.497 e. The van der Waals surface area contributed by atoms with Crippen LogP contribution in [-0.4, -0.2) is 62.5 Å². The fourth-order valence-corrected chi connectivity index (χ4v) is 6.80. The van der Waals surface area contributed by atoms with Gasteiger partial charge in [0, 0.05) is 11.3 Å². The second-order valence-electron chi connectivity index (χ2n) is 11.7.